The minimum Gasteiger partial charge on any atom is -0.326 e. The number of nitrogens with zero attached hydrogens (tertiary/aromatic N) is 2. The number of alkyl halides is 3. The molecule has 0 radical (unpaired) electrons. The van der Waals surface area contributed by atoms with Crippen molar-refractivity contribution in [2.24, 2.45) is 0 Å². The van der Waals surface area contributed by atoms with Crippen molar-refractivity contribution >= 4 is 22.9 Å². The molecule has 0 aliphatic carbocycles. The summed E-state index contributed by atoms with van der Waals surface area (Å²) < 4.78 is 38.9. The van der Waals surface area contributed by atoms with Gasteiger partial charge in [-0.05, 0) is 48.2 Å². The first-order valence-electron chi connectivity index (χ1n) is 8.42. The average molecular weight is 407 g/mol. The molecule has 2 aromatic heterocycles. The monoisotopic (exact) mass is 407 g/mol. The van der Waals surface area contributed by atoms with Crippen molar-refractivity contribution in [2.45, 2.75) is 25.6 Å². The molecule has 0 bridgehead atoms. The normalized spacial score (nSPS) is 11.4. The van der Waals surface area contributed by atoms with E-state index in [1.165, 1.54) is 34.2 Å². The highest BCUT2D eigenvalue weighted by atomic mass is 32.1. The van der Waals surface area contributed by atoms with Crippen molar-refractivity contribution in [1.82, 2.24) is 9.78 Å². The van der Waals surface area contributed by atoms with Gasteiger partial charge in [-0.1, -0.05) is 6.07 Å². The number of carbonyl (C=O) groups excluding carboxylic acids is 1. The van der Waals surface area contributed by atoms with E-state index in [0.717, 1.165) is 17.0 Å². The summed E-state index contributed by atoms with van der Waals surface area (Å²) in [4.78, 5) is 24.9. The maximum absolute atomic E-state index is 12.5. The Balaban J connectivity index is 1.54. The average Bonchev–Trinajstić information content (AvgIpc) is 3.17. The molecule has 146 valence electrons. The molecule has 9 heteroatoms. The Morgan fingerprint density at radius 2 is 1.86 bits per heavy atom. The number of aromatic nitrogens is 2. The van der Waals surface area contributed by atoms with Gasteiger partial charge in [0.1, 0.15) is 5.69 Å². The first-order chi connectivity index (χ1) is 13.3. The number of thiophene rings is 1. The summed E-state index contributed by atoms with van der Waals surface area (Å²) in [5, 5.41) is 8.76. The number of rotatable bonds is 6. The number of halogens is 3. The van der Waals surface area contributed by atoms with Crippen LogP contribution in [0.15, 0.2) is 58.7 Å². The predicted molar refractivity (Wildman–Crippen MR) is 101 cm³/mol. The third-order valence-corrected chi connectivity index (χ3v) is 4.80. The fraction of sp³-hybridized carbons (Fsp3) is 0.211. The molecule has 1 aromatic carbocycles. The van der Waals surface area contributed by atoms with E-state index in [9.17, 15) is 22.8 Å². The van der Waals surface area contributed by atoms with E-state index in [0.29, 0.717) is 12.1 Å². The fourth-order valence-electron chi connectivity index (χ4n) is 2.52. The van der Waals surface area contributed by atoms with Gasteiger partial charge in [0.25, 0.3) is 5.56 Å². The Morgan fingerprint density at radius 1 is 1.11 bits per heavy atom. The standard InChI is InChI=1S/C19H16F3N3O2S/c20-19(21,22)13-5-7-14(8-6-13)23-17(26)4-1-11-25-18(27)10-9-15(24-25)16-3-2-12-28-16/h2-3,5-10,12H,1,4,11H2,(H,23,26). The Bertz CT molecular complexity index is 997. The van der Waals surface area contributed by atoms with E-state index < -0.39 is 11.7 Å². The van der Waals surface area contributed by atoms with E-state index in [-0.39, 0.29) is 30.1 Å². The van der Waals surface area contributed by atoms with Gasteiger partial charge in [-0.15, -0.1) is 11.3 Å². The number of nitrogens with one attached hydrogen (secondary N) is 1. The van der Waals surface area contributed by atoms with E-state index in [1.807, 2.05) is 17.5 Å². The van der Waals surface area contributed by atoms with Gasteiger partial charge >= 0.3 is 6.18 Å². The van der Waals surface area contributed by atoms with E-state index >= 15 is 0 Å². The largest absolute Gasteiger partial charge is 0.416 e. The zero-order valence-electron chi connectivity index (χ0n) is 14.6. The molecule has 3 aromatic rings. The third-order valence-electron chi connectivity index (χ3n) is 3.91. The van der Waals surface area contributed by atoms with Crippen LogP contribution in [0.25, 0.3) is 10.6 Å². The SMILES string of the molecule is O=C(CCCn1nc(-c2cccs2)ccc1=O)Nc1ccc(C(F)(F)F)cc1. The second-order valence-corrected chi connectivity index (χ2v) is 6.93. The van der Waals surface area contributed by atoms with Crippen molar-refractivity contribution in [3.63, 3.8) is 0 Å². The lowest BCUT2D eigenvalue weighted by atomic mass is 10.2. The molecule has 0 saturated heterocycles. The summed E-state index contributed by atoms with van der Waals surface area (Å²) in [6.45, 7) is 0.262. The van der Waals surface area contributed by atoms with Crippen molar-refractivity contribution in [3.8, 4) is 10.6 Å². The van der Waals surface area contributed by atoms with Gasteiger partial charge in [-0.2, -0.15) is 18.3 Å². The predicted octanol–water partition coefficient (Wildman–Crippen LogP) is 4.41. The first kappa shape index (κ1) is 19.8. The second-order valence-electron chi connectivity index (χ2n) is 5.98. The van der Waals surface area contributed by atoms with Gasteiger partial charge in [0.2, 0.25) is 5.91 Å². The summed E-state index contributed by atoms with van der Waals surface area (Å²) in [6.07, 6.45) is -3.94. The number of aryl methyl sites for hydroxylation is 1. The molecule has 0 fully saturated rings. The molecule has 28 heavy (non-hydrogen) atoms. The van der Waals surface area contributed by atoms with Crippen LogP contribution in [-0.4, -0.2) is 15.7 Å². The summed E-state index contributed by atoms with van der Waals surface area (Å²) in [5.41, 5.74) is -0.0678. The van der Waals surface area contributed by atoms with Gasteiger partial charge in [0.15, 0.2) is 0 Å². The van der Waals surface area contributed by atoms with E-state index in [1.54, 1.807) is 6.07 Å². The third kappa shape index (κ3) is 5.07. The molecule has 2 heterocycles. The van der Waals surface area contributed by atoms with Crippen LogP contribution >= 0.6 is 11.3 Å². The Morgan fingerprint density at radius 3 is 2.50 bits per heavy atom. The number of anilines is 1. The number of amides is 1. The van der Waals surface area contributed by atoms with Gasteiger partial charge in [0, 0.05) is 24.7 Å². The fourth-order valence-corrected chi connectivity index (χ4v) is 3.21. The quantitative estimate of drug-likeness (QED) is 0.658. The van der Waals surface area contributed by atoms with Crippen LogP contribution < -0.4 is 10.9 Å². The minimum atomic E-state index is -4.42. The van der Waals surface area contributed by atoms with E-state index in [2.05, 4.69) is 10.4 Å². The van der Waals surface area contributed by atoms with Gasteiger partial charge in [-0.3, -0.25) is 9.59 Å². The topological polar surface area (TPSA) is 64.0 Å². The summed E-state index contributed by atoms with van der Waals surface area (Å²) >= 11 is 1.51. The van der Waals surface area contributed by atoms with Crippen LogP contribution in [0, 0.1) is 0 Å². The minimum absolute atomic E-state index is 0.109. The maximum atomic E-state index is 12.5. The van der Waals surface area contributed by atoms with Crippen molar-refractivity contribution in [2.75, 3.05) is 5.32 Å². The van der Waals surface area contributed by atoms with Crippen molar-refractivity contribution < 1.29 is 18.0 Å². The van der Waals surface area contributed by atoms with Crippen molar-refractivity contribution in [1.29, 1.82) is 0 Å². The molecule has 0 saturated carbocycles. The van der Waals surface area contributed by atoms with Crippen LogP contribution in [0.2, 0.25) is 0 Å². The number of carbonyl (C=O) groups is 1. The highest BCUT2D eigenvalue weighted by Crippen LogP contribution is 2.29. The Labute approximate surface area is 162 Å². The molecule has 0 aliphatic heterocycles. The maximum Gasteiger partial charge on any atom is 0.416 e. The van der Waals surface area contributed by atoms with Crippen LogP contribution in [0.1, 0.15) is 18.4 Å². The smallest absolute Gasteiger partial charge is 0.326 e. The van der Waals surface area contributed by atoms with Crippen LogP contribution in [-0.2, 0) is 17.5 Å². The molecule has 0 spiro atoms. The molecule has 1 amide bonds. The lowest BCUT2D eigenvalue weighted by Crippen LogP contribution is -2.23. The molecule has 0 atom stereocenters. The van der Waals surface area contributed by atoms with Crippen LogP contribution in [0.4, 0.5) is 18.9 Å². The summed E-state index contributed by atoms with van der Waals surface area (Å²) in [6, 6.07) is 11.1. The lowest BCUT2D eigenvalue weighted by Gasteiger charge is -2.09. The molecule has 3 rings (SSSR count). The van der Waals surface area contributed by atoms with Crippen molar-refractivity contribution in [3.05, 3.63) is 69.8 Å². The summed E-state index contributed by atoms with van der Waals surface area (Å²) in [7, 11) is 0. The number of hydrogen-bond acceptors (Lipinski definition) is 4. The Kier molecular flexibility index (Phi) is 5.93. The van der Waals surface area contributed by atoms with Gasteiger partial charge < -0.3 is 5.32 Å². The molecular formula is C19H16F3N3O2S. The van der Waals surface area contributed by atoms with Gasteiger partial charge in [0.05, 0.1) is 10.4 Å². The lowest BCUT2D eigenvalue weighted by molar-refractivity contribution is -0.137. The molecule has 1 N–H and O–H groups in total. The molecular weight excluding hydrogens is 391 g/mol. The Hall–Kier alpha value is -2.94. The zero-order valence-corrected chi connectivity index (χ0v) is 15.4. The zero-order chi connectivity index (χ0) is 20.1. The molecule has 5 nitrogen and oxygen atoms in total. The van der Waals surface area contributed by atoms with Crippen LogP contribution in [0.5, 0.6) is 0 Å². The van der Waals surface area contributed by atoms with E-state index in [4.69, 9.17) is 0 Å². The highest BCUT2D eigenvalue weighted by molar-refractivity contribution is 7.13. The number of hydrogen-bond donors (Lipinski definition) is 1. The highest BCUT2D eigenvalue weighted by Gasteiger charge is 2.29. The van der Waals surface area contributed by atoms with Crippen LogP contribution in [0.3, 0.4) is 0 Å². The molecule has 0 aliphatic rings. The summed E-state index contributed by atoms with van der Waals surface area (Å²) in [5.74, 6) is -0.345. The second kappa shape index (κ2) is 8.39. The van der Waals surface area contributed by atoms with Gasteiger partial charge in [-0.25, -0.2) is 4.68 Å². The molecule has 0 unspecified atom stereocenters. The first-order valence-corrected chi connectivity index (χ1v) is 9.30. The number of benzene rings is 1.